The number of hydrogen-bond acceptors (Lipinski definition) is 4. The van der Waals surface area contributed by atoms with Crippen LogP contribution in [0.1, 0.15) is 72.5 Å². The SMILES string of the molecule is CNC[C@H](CC1CCCCC1)NC(=O)c1cccc(C(OCCCOC)c2ccccc2)c1. The van der Waals surface area contributed by atoms with Gasteiger partial charge in [-0.25, -0.2) is 0 Å². The zero-order valence-corrected chi connectivity index (χ0v) is 20.2. The van der Waals surface area contributed by atoms with Gasteiger partial charge >= 0.3 is 0 Å². The van der Waals surface area contributed by atoms with E-state index in [1.807, 2.05) is 49.5 Å². The van der Waals surface area contributed by atoms with Crippen LogP contribution in [0.3, 0.4) is 0 Å². The van der Waals surface area contributed by atoms with E-state index in [2.05, 4.69) is 22.8 Å². The molecule has 5 nitrogen and oxygen atoms in total. The maximum Gasteiger partial charge on any atom is 0.251 e. The maximum atomic E-state index is 13.2. The minimum atomic E-state index is -0.217. The molecule has 33 heavy (non-hydrogen) atoms. The second-order valence-corrected chi connectivity index (χ2v) is 9.10. The van der Waals surface area contributed by atoms with Crippen LogP contribution in [0.5, 0.6) is 0 Å². The fourth-order valence-corrected chi connectivity index (χ4v) is 4.79. The highest BCUT2D eigenvalue weighted by Crippen LogP contribution is 2.28. The van der Waals surface area contributed by atoms with Crippen molar-refractivity contribution in [2.24, 2.45) is 5.92 Å². The summed E-state index contributed by atoms with van der Waals surface area (Å²) in [4.78, 5) is 13.2. The van der Waals surface area contributed by atoms with Gasteiger partial charge in [-0.1, -0.05) is 74.6 Å². The third-order valence-electron chi connectivity index (χ3n) is 6.46. The summed E-state index contributed by atoms with van der Waals surface area (Å²) in [5, 5.41) is 6.54. The lowest BCUT2D eigenvalue weighted by molar-refractivity contribution is 0.0616. The molecule has 0 bridgehead atoms. The summed E-state index contributed by atoms with van der Waals surface area (Å²) in [5.74, 6) is 0.700. The van der Waals surface area contributed by atoms with Crippen LogP contribution in [0, 0.1) is 5.92 Å². The molecular weight excluding hydrogens is 412 g/mol. The molecule has 3 rings (SSSR count). The van der Waals surface area contributed by atoms with Crippen LogP contribution in [0.15, 0.2) is 54.6 Å². The number of rotatable bonds is 13. The van der Waals surface area contributed by atoms with Gasteiger partial charge in [-0.2, -0.15) is 0 Å². The molecule has 2 atom stereocenters. The van der Waals surface area contributed by atoms with Crippen molar-refractivity contribution in [3.05, 3.63) is 71.3 Å². The highest BCUT2D eigenvalue weighted by molar-refractivity contribution is 5.94. The lowest BCUT2D eigenvalue weighted by Crippen LogP contribution is -2.42. The molecule has 1 aliphatic carbocycles. The molecule has 0 aliphatic heterocycles. The van der Waals surface area contributed by atoms with Gasteiger partial charge in [0.2, 0.25) is 0 Å². The minimum absolute atomic E-state index is 0.0147. The standard InChI is InChI=1S/C28H40N2O3/c1-29-21-26(19-22-11-5-3-6-12-22)30-28(31)25-16-9-15-24(20-25)27(33-18-10-17-32-2)23-13-7-4-8-14-23/h4,7-9,13-16,20,22,26-27,29H,3,5-6,10-12,17-19,21H2,1-2H3,(H,30,31)/t26-,27?/m0/s1. The molecule has 0 heterocycles. The van der Waals surface area contributed by atoms with Gasteiger partial charge in [0.25, 0.3) is 5.91 Å². The van der Waals surface area contributed by atoms with Crippen LogP contribution in [0.2, 0.25) is 0 Å². The Bertz CT molecular complexity index is 821. The van der Waals surface area contributed by atoms with E-state index in [9.17, 15) is 4.79 Å². The Kier molecular flexibility index (Phi) is 10.9. The molecule has 0 aromatic heterocycles. The average Bonchev–Trinajstić information content (AvgIpc) is 2.85. The van der Waals surface area contributed by atoms with E-state index in [-0.39, 0.29) is 18.1 Å². The fraction of sp³-hybridized carbons (Fsp3) is 0.536. The summed E-state index contributed by atoms with van der Waals surface area (Å²) in [6.07, 6.45) is 8.20. The van der Waals surface area contributed by atoms with E-state index in [0.29, 0.717) is 24.7 Å². The normalized spacial score (nSPS) is 16.3. The quantitative estimate of drug-likeness (QED) is 0.414. The number of hydrogen-bond donors (Lipinski definition) is 2. The molecule has 2 N–H and O–H groups in total. The van der Waals surface area contributed by atoms with Crippen LogP contribution < -0.4 is 10.6 Å². The first-order chi connectivity index (χ1) is 16.2. The molecule has 0 radical (unpaired) electrons. The molecule has 1 aliphatic rings. The maximum absolute atomic E-state index is 13.2. The number of nitrogens with one attached hydrogen (secondary N) is 2. The van der Waals surface area contributed by atoms with Crippen molar-refractivity contribution in [2.45, 2.75) is 57.1 Å². The third kappa shape index (κ3) is 8.26. The van der Waals surface area contributed by atoms with Crippen molar-refractivity contribution in [1.82, 2.24) is 10.6 Å². The largest absolute Gasteiger partial charge is 0.385 e. The second kappa shape index (κ2) is 14.1. The van der Waals surface area contributed by atoms with Crippen molar-refractivity contribution in [2.75, 3.05) is 33.9 Å². The van der Waals surface area contributed by atoms with Crippen LogP contribution in [-0.4, -0.2) is 45.9 Å². The van der Waals surface area contributed by atoms with Crippen molar-refractivity contribution >= 4 is 5.91 Å². The monoisotopic (exact) mass is 452 g/mol. The summed E-state index contributed by atoms with van der Waals surface area (Å²) in [6, 6.07) is 18.2. The van der Waals surface area contributed by atoms with Crippen LogP contribution >= 0.6 is 0 Å². The van der Waals surface area contributed by atoms with E-state index in [4.69, 9.17) is 9.47 Å². The van der Waals surface area contributed by atoms with Gasteiger partial charge < -0.3 is 20.1 Å². The second-order valence-electron chi connectivity index (χ2n) is 9.10. The van der Waals surface area contributed by atoms with E-state index in [1.54, 1.807) is 7.11 Å². The Hall–Kier alpha value is -2.21. The summed E-state index contributed by atoms with van der Waals surface area (Å²) in [5.41, 5.74) is 2.75. The Morgan fingerprint density at radius 1 is 1.00 bits per heavy atom. The molecule has 0 saturated heterocycles. The number of carbonyl (C=O) groups is 1. The van der Waals surface area contributed by atoms with Gasteiger partial charge in [-0.3, -0.25) is 4.79 Å². The van der Waals surface area contributed by atoms with Crippen molar-refractivity contribution < 1.29 is 14.3 Å². The highest BCUT2D eigenvalue weighted by Gasteiger charge is 2.22. The van der Waals surface area contributed by atoms with Crippen LogP contribution in [0.4, 0.5) is 0 Å². The molecular formula is C28H40N2O3. The van der Waals surface area contributed by atoms with Gasteiger partial charge in [0.05, 0.1) is 6.61 Å². The number of benzene rings is 2. The Morgan fingerprint density at radius 3 is 2.48 bits per heavy atom. The highest BCUT2D eigenvalue weighted by atomic mass is 16.5. The first-order valence-corrected chi connectivity index (χ1v) is 12.4. The predicted octanol–water partition coefficient (Wildman–Crippen LogP) is 5.12. The van der Waals surface area contributed by atoms with Crippen LogP contribution in [0.25, 0.3) is 0 Å². The molecule has 1 amide bonds. The number of likely N-dealkylation sites (N-methyl/N-ethyl adjacent to an activating group) is 1. The summed E-state index contributed by atoms with van der Waals surface area (Å²) in [7, 11) is 3.65. The molecule has 1 fully saturated rings. The zero-order valence-electron chi connectivity index (χ0n) is 20.2. The first-order valence-electron chi connectivity index (χ1n) is 12.4. The van der Waals surface area contributed by atoms with Gasteiger partial charge in [0, 0.05) is 31.9 Å². The lowest BCUT2D eigenvalue weighted by Gasteiger charge is -2.27. The lowest BCUT2D eigenvalue weighted by atomic mass is 9.84. The molecule has 1 saturated carbocycles. The Balaban J connectivity index is 1.71. The molecule has 180 valence electrons. The number of ether oxygens (including phenoxy) is 2. The topological polar surface area (TPSA) is 59.6 Å². The van der Waals surface area contributed by atoms with Gasteiger partial charge in [-0.05, 0) is 49.1 Å². The molecule has 1 unspecified atom stereocenters. The Morgan fingerprint density at radius 2 is 1.76 bits per heavy atom. The number of methoxy groups -OCH3 is 1. The summed E-state index contributed by atoms with van der Waals surface area (Å²) in [6.45, 7) is 2.05. The van der Waals surface area contributed by atoms with Crippen LogP contribution in [-0.2, 0) is 9.47 Å². The smallest absolute Gasteiger partial charge is 0.251 e. The Labute approximate surface area is 199 Å². The van der Waals surface area contributed by atoms with Gasteiger partial charge in [0.1, 0.15) is 6.10 Å². The average molecular weight is 453 g/mol. The van der Waals surface area contributed by atoms with Crippen molar-refractivity contribution in [1.29, 1.82) is 0 Å². The first kappa shape index (κ1) is 25.4. The van der Waals surface area contributed by atoms with E-state index < -0.39 is 0 Å². The van der Waals surface area contributed by atoms with E-state index in [0.717, 1.165) is 30.5 Å². The van der Waals surface area contributed by atoms with Crippen molar-refractivity contribution in [3.63, 3.8) is 0 Å². The third-order valence-corrected chi connectivity index (χ3v) is 6.46. The molecule has 5 heteroatoms. The summed E-state index contributed by atoms with van der Waals surface area (Å²) >= 11 is 0. The number of amides is 1. The van der Waals surface area contributed by atoms with E-state index >= 15 is 0 Å². The van der Waals surface area contributed by atoms with Gasteiger partial charge in [-0.15, -0.1) is 0 Å². The molecule has 2 aromatic rings. The van der Waals surface area contributed by atoms with Gasteiger partial charge in [0.15, 0.2) is 0 Å². The van der Waals surface area contributed by atoms with E-state index in [1.165, 1.54) is 32.1 Å². The molecule has 0 spiro atoms. The van der Waals surface area contributed by atoms with Crippen molar-refractivity contribution in [3.8, 4) is 0 Å². The predicted molar refractivity (Wildman–Crippen MR) is 134 cm³/mol. The molecule has 2 aromatic carbocycles. The number of carbonyl (C=O) groups excluding carboxylic acids is 1. The fourth-order valence-electron chi connectivity index (χ4n) is 4.79. The minimum Gasteiger partial charge on any atom is -0.385 e. The zero-order chi connectivity index (χ0) is 23.3. The summed E-state index contributed by atoms with van der Waals surface area (Å²) < 4.78 is 11.4.